The van der Waals surface area contributed by atoms with Crippen molar-refractivity contribution < 1.29 is 0 Å². The van der Waals surface area contributed by atoms with Crippen LogP contribution >= 0.6 is 0 Å². The summed E-state index contributed by atoms with van der Waals surface area (Å²) in [6.07, 6.45) is 4.19. The van der Waals surface area contributed by atoms with Gasteiger partial charge in [0.1, 0.15) is 12.0 Å². The van der Waals surface area contributed by atoms with Gasteiger partial charge in [0.05, 0.1) is 5.52 Å². The number of hydrogen-bond acceptors (Lipinski definition) is 6. The minimum atomic E-state index is 0.462. The number of aryl methyl sites for hydroxylation is 1. The van der Waals surface area contributed by atoms with Gasteiger partial charge in [-0.2, -0.15) is 0 Å². The lowest BCUT2D eigenvalue weighted by molar-refractivity contribution is 1.13. The van der Waals surface area contributed by atoms with E-state index in [1.165, 1.54) is 11.9 Å². The molecule has 0 spiro atoms. The van der Waals surface area contributed by atoms with Crippen LogP contribution in [-0.2, 0) is 6.42 Å². The maximum atomic E-state index is 6.35. The van der Waals surface area contributed by atoms with Gasteiger partial charge in [0.25, 0.3) is 0 Å². The fraction of sp³-hybridized carbons (Fsp3) is 0.0952. The minimum absolute atomic E-state index is 0.462. The third-order valence-electron chi connectivity index (χ3n) is 4.43. The summed E-state index contributed by atoms with van der Waals surface area (Å²) in [6, 6.07) is 17.9. The molecule has 2 aromatic heterocycles. The number of rotatable bonds is 5. The summed E-state index contributed by atoms with van der Waals surface area (Å²) in [5, 5.41) is 7.64. The summed E-state index contributed by atoms with van der Waals surface area (Å²) in [6.45, 7) is 2.12. The Balaban J connectivity index is 1.68. The predicted octanol–water partition coefficient (Wildman–Crippen LogP) is 4.66. The van der Waals surface area contributed by atoms with Crippen LogP contribution in [0.1, 0.15) is 12.5 Å². The van der Waals surface area contributed by atoms with E-state index in [9.17, 15) is 0 Å². The van der Waals surface area contributed by atoms with Gasteiger partial charge in [-0.1, -0.05) is 31.2 Å². The molecule has 2 aromatic carbocycles. The number of pyridine rings is 1. The van der Waals surface area contributed by atoms with E-state index in [4.69, 9.17) is 5.73 Å². The van der Waals surface area contributed by atoms with E-state index in [1.54, 1.807) is 6.20 Å². The van der Waals surface area contributed by atoms with Crippen LogP contribution in [0.15, 0.2) is 67.1 Å². The average Bonchev–Trinajstić information content (AvgIpc) is 2.71. The Hall–Kier alpha value is -3.67. The van der Waals surface area contributed by atoms with Gasteiger partial charge < -0.3 is 16.4 Å². The van der Waals surface area contributed by atoms with Gasteiger partial charge in [-0.05, 0) is 42.3 Å². The molecule has 0 unspecified atom stereocenters. The topological polar surface area (TPSA) is 88.8 Å². The molecule has 0 atom stereocenters. The third kappa shape index (κ3) is 3.37. The molecule has 6 nitrogen and oxygen atoms in total. The van der Waals surface area contributed by atoms with Gasteiger partial charge >= 0.3 is 0 Å². The summed E-state index contributed by atoms with van der Waals surface area (Å²) in [5.41, 5.74) is 10.8. The Morgan fingerprint density at radius 1 is 0.815 bits per heavy atom. The second-order valence-electron chi connectivity index (χ2n) is 6.12. The van der Waals surface area contributed by atoms with Crippen molar-refractivity contribution in [1.29, 1.82) is 0 Å². The number of benzene rings is 2. The standard InChI is InChI=1S/C21H20N6/c1-2-14-7-3-4-9-16(14)26-20-19(22)21(25-13-24-20)27-18-11-5-10-17-15(18)8-6-12-23-17/h3-13H,2,22H2,1H3,(H2,24,25,26,27). The van der Waals surface area contributed by atoms with E-state index >= 15 is 0 Å². The molecule has 134 valence electrons. The van der Waals surface area contributed by atoms with Crippen LogP contribution < -0.4 is 16.4 Å². The van der Waals surface area contributed by atoms with Crippen molar-refractivity contribution in [3.8, 4) is 0 Å². The normalized spacial score (nSPS) is 10.7. The highest BCUT2D eigenvalue weighted by Gasteiger charge is 2.11. The van der Waals surface area contributed by atoms with Crippen LogP contribution in [0.3, 0.4) is 0 Å². The Morgan fingerprint density at radius 3 is 2.37 bits per heavy atom. The first-order chi connectivity index (χ1) is 13.3. The van der Waals surface area contributed by atoms with Gasteiger partial charge in [0, 0.05) is 23.0 Å². The highest BCUT2D eigenvalue weighted by atomic mass is 15.1. The largest absolute Gasteiger partial charge is 0.393 e. The summed E-state index contributed by atoms with van der Waals surface area (Å²) < 4.78 is 0. The number of para-hydroxylation sites is 1. The van der Waals surface area contributed by atoms with Crippen molar-refractivity contribution in [2.45, 2.75) is 13.3 Å². The predicted molar refractivity (Wildman–Crippen MR) is 111 cm³/mol. The molecule has 27 heavy (non-hydrogen) atoms. The van der Waals surface area contributed by atoms with E-state index in [1.807, 2.05) is 48.5 Å². The fourth-order valence-electron chi connectivity index (χ4n) is 3.01. The van der Waals surface area contributed by atoms with Gasteiger partial charge in [-0.3, -0.25) is 4.98 Å². The number of nitrogens with zero attached hydrogens (tertiary/aromatic N) is 3. The number of nitrogens with one attached hydrogen (secondary N) is 2. The zero-order chi connectivity index (χ0) is 18.6. The SMILES string of the molecule is CCc1ccccc1Nc1ncnc(Nc2cccc3ncccc23)c1N. The Kier molecular flexibility index (Phi) is 4.53. The zero-order valence-electron chi connectivity index (χ0n) is 15.0. The summed E-state index contributed by atoms with van der Waals surface area (Å²) in [4.78, 5) is 13.0. The first kappa shape index (κ1) is 16.8. The first-order valence-electron chi connectivity index (χ1n) is 8.82. The minimum Gasteiger partial charge on any atom is -0.393 e. The van der Waals surface area contributed by atoms with Crippen molar-refractivity contribution in [2.75, 3.05) is 16.4 Å². The van der Waals surface area contributed by atoms with Gasteiger partial charge in [-0.25, -0.2) is 9.97 Å². The molecule has 4 rings (SSSR count). The first-order valence-corrected chi connectivity index (χ1v) is 8.82. The molecule has 0 amide bonds. The molecule has 4 N–H and O–H groups in total. The average molecular weight is 356 g/mol. The molecule has 0 aliphatic carbocycles. The van der Waals surface area contributed by atoms with Crippen molar-refractivity contribution >= 4 is 39.6 Å². The molecular formula is C21H20N6. The molecule has 4 aromatic rings. The molecule has 0 fully saturated rings. The number of anilines is 5. The summed E-state index contributed by atoms with van der Waals surface area (Å²) in [5.74, 6) is 1.13. The summed E-state index contributed by atoms with van der Waals surface area (Å²) in [7, 11) is 0. The van der Waals surface area contributed by atoms with Crippen molar-refractivity contribution in [3.05, 3.63) is 72.7 Å². The summed E-state index contributed by atoms with van der Waals surface area (Å²) >= 11 is 0. The van der Waals surface area contributed by atoms with Crippen LogP contribution in [0.5, 0.6) is 0 Å². The molecule has 6 heteroatoms. The van der Waals surface area contributed by atoms with E-state index in [-0.39, 0.29) is 0 Å². The Morgan fingerprint density at radius 2 is 1.56 bits per heavy atom. The van der Waals surface area contributed by atoms with Crippen molar-refractivity contribution in [3.63, 3.8) is 0 Å². The van der Waals surface area contributed by atoms with Crippen molar-refractivity contribution in [2.24, 2.45) is 0 Å². The highest BCUT2D eigenvalue weighted by molar-refractivity contribution is 5.94. The van der Waals surface area contributed by atoms with Gasteiger partial charge in [0.15, 0.2) is 11.6 Å². The molecule has 0 saturated heterocycles. The fourth-order valence-corrected chi connectivity index (χ4v) is 3.01. The van der Waals surface area contributed by atoms with Crippen LogP contribution in [0.25, 0.3) is 10.9 Å². The van der Waals surface area contributed by atoms with E-state index in [0.29, 0.717) is 17.3 Å². The smallest absolute Gasteiger partial charge is 0.159 e. The highest BCUT2D eigenvalue weighted by Crippen LogP contribution is 2.31. The lowest BCUT2D eigenvalue weighted by Gasteiger charge is -2.15. The maximum absolute atomic E-state index is 6.35. The van der Waals surface area contributed by atoms with Crippen LogP contribution in [0, 0.1) is 0 Å². The Bertz CT molecular complexity index is 1090. The van der Waals surface area contributed by atoms with Crippen LogP contribution in [0.4, 0.5) is 28.7 Å². The van der Waals surface area contributed by atoms with Crippen LogP contribution in [0.2, 0.25) is 0 Å². The third-order valence-corrected chi connectivity index (χ3v) is 4.43. The Labute approximate surface area is 157 Å². The van der Waals surface area contributed by atoms with E-state index in [2.05, 4.69) is 38.6 Å². The zero-order valence-corrected chi connectivity index (χ0v) is 15.0. The number of hydrogen-bond donors (Lipinski definition) is 3. The monoisotopic (exact) mass is 356 g/mol. The number of aromatic nitrogens is 3. The van der Waals surface area contributed by atoms with Crippen LogP contribution in [-0.4, -0.2) is 15.0 Å². The second-order valence-corrected chi connectivity index (χ2v) is 6.12. The molecule has 0 radical (unpaired) electrons. The molecule has 0 saturated carbocycles. The van der Waals surface area contributed by atoms with Gasteiger partial charge in [0.2, 0.25) is 0 Å². The van der Waals surface area contributed by atoms with E-state index in [0.717, 1.165) is 28.7 Å². The number of nitrogens with two attached hydrogens (primary N) is 1. The lowest BCUT2D eigenvalue weighted by atomic mass is 10.1. The lowest BCUT2D eigenvalue weighted by Crippen LogP contribution is -2.06. The molecule has 0 aliphatic heterocycles. The van der Waals surface area contributed by atoms with Crippen molar-refractivity contribution in [1.82, 2.24) is 15.0 Å². The quantitative estimate of drug-likeness (QED) is 0.482. The number of nitrogen functional groups attached to an aromatic ring is 1. The molecular weight excluding hydrogens is 336 g/mol. The molecule has 0 aliphatic rings. The molecule has 2 heterocycles. The number of fused-ring (bicyclic) bond motifs is 1. The van der Waals surface area contributed by atoms with Gasteiger partial charge in [-0.15, -0.1) is 0 Å². The maximum Gasteiger partial charge on any atom is 0.159 e. The second kappa shape index (κ2) is 7.29. The van der Waals surface area contributed by atoms with E-state index < -0.39 is 0 Å². The molecule has 0 bridgehead atoms.